The number of carbonyl (C=O) groups excluding carboxylic acids is 2. The summed E-state index contributed by atoms with van der Waals surface area (Å²) in [5.41, 5.74) is -0.0514. The predicted octanol–water partition coefficient (Wildman–Crippen LogP) is 1.54. The predicted molar refractivity (Wildman–Crippen MR) is 96.0 cm³/mol. The molecule has 0 atom stereocenters. The van der Waals surface area contributed by atoms with E-state index in [-0.39, 0.29) is 23.7 Å². The molecule has 4 rings (SSSR count). The van der Waals surface area contributed by atoms with Gasteiger partial charge in [-0.05, 0) is 44.6 Å². The van der Waals surface area contributed by atoms with Gasteiger partial charge < -0.3 is 14.9 Å². The fourth-order valence-electron chi connectivity index (χ4n) is 4.22. The van der Waals surface area contributed by atoms with E-state index in [9.17, 15) is 14.7 Å². The Balaban J connectivity index is 1.29. The molecule has 1 aromatic rings. The van der Waals surface area contributed by atoms with Gasteiger partial charge in [0.05, 0.1) is 5.60 Å². The van der Waals surface area contributed by atoms with Crippen molar-refractivity contribution in [3.63, 3.8) is 0 Å². The fourth-order valence-corrected chi connectivity index (χ4v) is 4.22. The summed E-state index contributed by atoms with van der Waals surface area (Å²) in [6.07, 6.45) is 8.10. The van der Waals surface area contributed by atoms with Gasteiger partial charge in [0.2, 0.25) is 11.8 Å². The minimum absolute atomic E-state index is 0.0165. The third-order valence-electron chi connectivity index (χ3n) is 6.18. The van der Waals surface area contributed by atoms with Crippen molar-refractivity contribution in [2.24, 2.45) is 11.8 Å². The van der Waals surface area contributed by atoms with E-state index >= 15 is 0 Å². The SMILES string of the molecule is O=C(C1CC1)N1CCC(C(=O)N2CCC(O)(c3cccnc3)CC2)CC1. The molecule has 2 saturated heterocycles. The highest BCUT2D eigenvalue weighted by molar-refractivity contribution is 5.82. The molecule has 3 fully saturated rings. The smallest absolute Gasteiger partial charge is 0.225 e. The molecule has 0 spiro atoms. The first-order valence-electron chi connectivity index (χ1n) is 9.77. The van der Waals surface area contributed by atoms with Crippen LogP contribution in [0.2, 0.25) is 0 Å². The number of hydrogen-bond acceptors (Lipinski definition) is 4. The molecular formula is C20H27N3O3. The van der Waals surface area contributed by atoms with Gasteiger partial charge in [0.25, 0.3) is 0 Å². The van der Waals surface area contributed by atoms with E-state index in [0.717, 1.165) is 31.2 Å². The van der Waals surface area contributed by atoms with Crippen molar-refractivity contribution >= 4 is 11.8 Å². The molecule has 0 bridgehead atoms. The van der Waals surface area contributed by atoms with Crippen LogP contribution in [0.3, 0.4) is 0 Å². The molecule has 0 unspecified atom stereocenters. The zero-order chi connectivity index (χ0) is 18.1. The number of rotatable bonds is 3. The van der Waals surface area contributed by atoms with Crippen LogP contribution in [0.1, 0.15) is 44.1 Å². The molecule has 0 radical (unpaired) electrons. The average molecular weight is 357 g/mol. The van der Waals surface area contributed by atoms with Crippen LogP contribution in [0.15, 0.2) is 24.5 Å². The second kappa shape index (κ2) is 6.99. The second-order valence-corrected chi connectivity index (χ2v) is 7.97. The quantitative estimate of drug-likeness (QED) is 0.891. The van der Waals surface area contributed by atoms with Gasteiger partial charge in [0.1, 0.15) is 0 Å². The summed E-state index contributed by atoms with van der Waals surface area (Å²) in [5, 5.41) is 10.9. The zero-order valence-corrected chi connectivity index (χ0v) is 15.1. The van der Waals surface area contributed by atoms with Crippen molar-refractivity contribution < 1.29 is 14.7 Å². The van der Waals surface area contributed by atoms with Crippen molar-refractivity contribution in [2.75, 3.05) is 26.2 Å². The van der Waals surface area contributed by atoms with E-state index in [1.807, 2.05) is 21.9 Å². The number of hydrogen-bond donors (Lipinski definition) is 1. The lowest BCUT2D eigenvalue weighted by Gasteiger charge is -2.40. The number of pyridine rings is 1. The Morgan fingerprint density at radius 1 is 0.962 bits per heavy atom. The van der Waals surface area contributed by atoms with E-state index in [1.165, 1.54) is 0 Å². The van der Waals surface area contributed by atoms with Gasteiger partial charge in [-0.25, -0.2) is 0 Å². The summed E-state index contributed by atoms with van der Waals surface area (Å²) >= 11 is 0. The van der Waals surface area contributed by atoms with Crippen LogP contribution in [0.4, 0.5) is 0 Å². The largest absolute Gasteiger partial charge is 0.385 e. The minimum Gasteiger partial charge on any atom is -0.385 e. The third-order valence-corrected chi connectivity index (χ3v) is 6.18. The Hall–Kier alpha value is -1.95. The summed E-state index contributed by atoms with van der Waals surface area (Å²) < 4.78 is 0. The lowest BCUT2D eigenvalue weighted by atomic mass is 9.84. The molecular weight excluding hydrogens is 330 g/mol. The standard InChI is InChI=1S/C20H27N3O3/c24-18(15-3-4-15)22-10-5-16(6-11-22)19(25)23-12-7-20(26,8-13-23)17-2-1-9-21-14-17/h1-2,9,14-16,26H,3-8,10-13H2. The highest BCUT2D eigenvalue weighted by Gasteiger charge is 2.39. The summed E-state index contributed by atoms with van der Waals surface area (Å²) in [4.78, 5) is 32.9. The molecule has 0 aromatic carbocycles. The molecule has 3 aliphatic rings. The van der Waals surface area contributed by atoms with Gasteiger partial charge in [0.15, 0.2) is 0 Å². The zero-order valence-electron chi connectivity index (χ0n) is 15.1. The van der Waals surface area contributed by atoms with Crippen molar-refractivity contribution in [3.05, 3.63) is 30.1 Å². The van der Waals surface area contributed by atoms with Gasteiger partial charge in [-0.1, -0.05) is 6.07 Å². The van der Waals surface area contributed by atoms with Crippen LogP contribution < -0.4 is 0 Å². The summed E-state index contributed by atoms with van der Waals surface area (Å²) in [6, 6.07) is 3.73. The van der Waals surface area contributed by atoms with Crippen LogP contribution >= 0.6 is 0 Å². The van der Waals surface area contributed by atoms with Crippen LogP contribution in [-0.4, -0.2) is 57.9 Å². The Morgan fingerprint density at radius 2 is 1.54 bits per heavy atom. The molecule has 2 aliphatic heterocycles. The molecule has 1 saturated carbocycles. The molecule has 3 heterocycles. The number of piperidine rings is 2. The van der Waals surface area contributed by atoms with Gasteiger partial charge >= 0.3 is 0 Å². The summed E-state index contributed by atoms with van der Waals surface area (Å²) in [7, 11) is 0. The lowest BCUT2D eigenvalue weighted by molar-refractivity contribution is -0.144. The summed E-state index contributed by atoms with van der Waals surface area (Å²) in [5.74, 6) is 0.754. The van der Waals surface area contributed by atoms with E-state index in [4.69, 9.17) is 0 Å². The minimum atomic E-state index is -0.884. The van der Waals surface area contributed by atoms with Crippen molar-refractivity contribution in [1.82, 2.24) is 14.8 Å². The van der Waals surface area contributed by atoms with Crippen LogP contribution in [-0.2, 0) is 15.2 Å². The van der Waals surface area contributed by atoms with E-state index < -0.39 is 5.60 Å². The van der Waals surface area contributed by atoms with Crippen LogP contribution in [0.25, 0.3) is 0 Å². The highest BCUT2D eigenvalue weighted by Crippen LogP contribution is 2.35. The van der Waals surface area contributed by atoms with E-state index in [1.54, 1.807) is 12.4 Å². The molecule has 26 heavy (non-hydrogen) atoms. The first-order valence-corrected chi connectivity index (χ1v) is 9.77. The molecule has 1 aliphatic carbocycles. The maximum atomic E-state index is 12.9. The van der Waals surface area contributed by atoms with Crippen molar-refractivity contribution in [2.45, 2.75) is 44.1 Å². The molecule has 1 aromatic heterocycles. The number of carbonyl (C=O) groups is 2. The van der Waals surface area contributed by atoms with Crippen LogP contribution in [0.5, 0.6) is 0 Å². The van der Waals surface area contributed by atoms with Crippen molar-refractivity contribution in [1.29, 1.82) is 0 Å². The Bertz CT molecular complexity index is 658. The monoisotopic (exact) mass is 357 g/mol. The highest BCUT2D eigenvalue weighted by atomic mass is 16.3. The third kappa shape index (κ3) is 3.47. The second-order valence-electron chi connectivity index (χ2n) is 7.97. The molecule has 140 valence electrons. The average Bonchev–Trinajstić information content (AvgIpc) is 3.54. The van der Waals surface area contributed by atoms with Gasteiger partial charge in [0, 0.05) is 56.0 Å². The fraction of sp³-hybridized carbons (Fsp3) is 0.650. The maximum absolute atomic E-state index is 12.9. The first-order chi connectivity index (χ1) is 12.6. The molecule has 2 amide bonds. The van der Waals surface area contributed by atoms with E-state index in [0.29, 0.717) is 39.0 Å². The maximum Gasteiger partial charge on any atom is 0.225 e. The normalized spacial score (nSPS) is 23.7. The topological polar surface area (TPSA) is 73.7 Å². The number of aromatic nitrogens is 1. The Kier molecular flexibility index (Phi) is 4.69. The number of likely N-dealkylation sites (tertiary alicyclic amines) is 2. The van der Waals surface area contributed by atoms with Gasteiger partial charge in [-0.3, -0.25) is 14.6 Å². The first kappa shape index (κ1) is 17.5. The molecule has 1 N–H and O–H groups in total. The molecule has 6 nitrogen and oxygen atoms in total. The Labute approximate surface area is 154 Å². The van der Waals surface area contributed by atoms with E-state index in [2.05, 4.69) is 4.98 Å². The Morgan fingerprint density at radius 3 is 2.08 bits per heavy atom. The van der Waals surface area contributed by atoms with Gasteiger partial charge in [-0.15, -0.1) is 0 Å². The van der Waals surface area contributed by atoms with Crippen LogP contribution in [0, 0.1) is 11.8 Å². The molecule has 6 heteroatoms. The lowest BCUT2D eigenvalue weighted by Crippen LogP contribution is -2.49. The number of aliphatic hydroxyl groups is 1. The summed E-state index contributed by atoms with van der Waals surface area (Å²) in [6.45, 7) is 2.56. The van der Waals surface area contributed by atoms with Gasteiger partial charge in [-0.2, -0.15) is 0 Å². The van der Waals surface area contributed by atoms with Crippen molar-refractivity contribution in [3.8, 4) is 0 Å². The number of amides is 2. The number of nitrogens with zero attached hydrogens (tertiary/aromatic N) is 3.